The maximum Gasteiger partial charge on any atom is 0.103 e. The van der Waals surface area contributed by atoms with E-state index in [2.05, 4.69) is 35.9 Å². The van der Waals surface area contributed by atoms with Crippen molar-refractivity contribution >= 4 is 28.4 Å². The number of fused-ring (bicyclic) bond motifs is 1. The number of hydrogen-bond donors (Lipinski definition) is 0. The van der Waals surface area contributed by atoms with Crippen LogP contribution in [0.5, 0.6) is 0 Å². The average molecular weight is 283 g/mol. The first-order valence-electron chi connectivity index (χ1n) is 6.88. The Hall–Kier alpha value is -1.73. The van der Waals surface area contributed by atoms with Crippen LogP contribution >= 0.6 is 11.8 Å². The summed E-state index contributed by atoms with van der Waals surface area (Å²) < 4.78 is 0. The average Bonchev–Trinajstić information content (AvgIpc) is 2.49. The first-order valence-corrected chi connectivity index (χ1v) is 7.93. The fourth-order valence-corrected chi connectivity index (χ4v) is 3.87. The van der Waals surface area contributed by atoms with E-state index in [-0.39, 0.29) is 0 Å². The monoisotopic (exact) mass is 283 g/mol. The number of benzene rings is 1. The van der Waals surface area contributed by atoms with Gasteiger partial charge < -0.3 is 4.90 Å². The molecule has 2 heterocycles. The van der Waals surface area contributed by atoms with Crippen molar-refractivity contribution in [3.8, 4) is 6.07 Å². The van der Waals surface area contributed by atoms with E-state index in [0.717, 1.165) is 28.9 Å². The minimum Gasteiger partial charge on any atom is -0.365 e. The van der Waals surface area contributed by atoms with E-state index in [0.29, 0.717) is 16.9 Å². The summed E-state index contributed by atoms with van der Waals surface area (Å²) in [6.45, 7) is 5.49. The molecule has 1 fully saturated rings. The Morgan fingerprint density at radius 2 is 2.15 bits per heavy atom. The number of para-hydroxylation sites is 1. The van der Waals surface area contributed by atoms with E-state index in [1.807, 2.05) is 30.0 Å². The summed E-state index contributed by atoms with van der Waals surface area (Å²) >= 11 is 2.00. The van der Waals surface area contributed by atoms with E-state index in [4.69, 9.17) is 0 Å². The van der Waals surface area contributed by atoms with Gasteiger partial charge in [-0.25, -0.2) is 0 Å². The molecule has 20 heavy (non-hydrogen) atoms. The molecule has 1 aromatic carbocycles. The molecular formula is C16H17N3S. The van der Waals surface area contributed by atoms with Crippen LogP contribution in [0.1, 0.15) is 19.4 Å². The molecule has 2 unspecified atom stereocenters. The number of thioether (sulfide) groups is 1. The molecule has 1 aliphatic rings. The van der Waals surface area contributed by atoms with E-state index < -0.39 is 0 Å². The van der Waals surface area contributed by atoms with Gasteiger partial charge in [-0.3, -0.25) is 4.98 Å². The van der Waals surface area contributed by atoms with Crippen LogP contribution < -0.4 is 4.90 Å². The molecule has 1 saturated heterocycles. The maximum atomic E-state index is 9.44. The van der Waals surface area contributed by atoms with Crippen molar-refractivity contribution in [1.82, 2.24) is 4.98 Å². The molecule has 0 spiro atoms. The first kappa shape index (κ1) is 13.3. The zero-order chi connectivity index (χ0) is 14.1. The summed E-state index contributed by atoms with van der Waals surface area (Å²) in [7, 11) is 0. The van der Waals surface area contributed by atoms with Crippen molar-refractivity contribution in [2.75, 3.05) is 17.2 Å². The smallest absolute Gasteiger partial charge is 0.103 e. The Morgan fingerprint density at radius 3 is 2.95 bits per heavy atom. The fraction of sp³-hybridized carbons (Fsp3) is 0.375. The fourth-order valence-electron chi connectivity index (χ4n) is 2.77. The summed E-state index contributed by atoms with van der Waals surface area (Å²) in [4.78, 5) is 6.78. The standard InChI is InChI=1S/C16H17N3S/c1-11-12(2)20-8-7-19(11)16-13(9-17)10-18-15-6-4-3-5-14(15)16/h3-6,10-12H,7-8H2,1-2H3. The quantitative estimate of drug-likeness (QED) is 0.804. The van der Waals surface area contributed by atoms with Gasteiger partial charge in [-0.15, -0.1) is 0 Å². The zero-order valence-corrected chi connectivity index (χ0v) is 12.5. The lowest BCUT2D eigenvalue weighted by atomic mass is 10.1. The van der Waals surface area contributed by atoms with Crippen molar-refractivity contribution in [2.45, 2.75) is 25.1 Å². The minimum absolute atomic E-state index is 0.423. The van der Waals surface area contributed by atoms with Gasteiger partial charge in [0.2, 0.25) is 0 Å². The van der Waals surface area contributed by atoms with Crippen molar-refractivity contribution in [3.05, 3.63) is 36.0 Å². The van der Waals surface area contributed by atoms with Gasteiger partial charge in [0.25, 0.3) is 0 Å². The molecule has 3 rings (SSSR count). The molecule has 4 heteroatoms. The molecule has 2 atom stereocenters. The molecule has 0 bridgehead atoms. The number of rotatable bonds is 1. The van der Waals surface area contributed by atoms with Gasteiger partial charge in [0.1, 0.15) is 6.07 Å². The second-order valence-corrected chi connectivity index (χ2v) is 6.64. The van der Waals surface area contributed by atoms with Crippen LogP contribution in [-0.2, 0) is 0 Å². The summed E-state index contributed by atoms with van der Waals surface area (Å²) in [5.41, 5.74) is 2.69. The molecule has 0 aliphatic carbocycles. The van der Waals surface area contributed by atoms with Crippen LogP contribution in [0.15, 0.2) is 30.5 Å². The Balaban J connectivity index is 2.21. The van der Waals surface area contributed by atoms with Crippen LogP contribution in [0.25, 0.3) is 10.9 Å². The molecule has 3 nitrogen and oxygen atoms in total. The van der Waals surface area contributed by atoms with Crippen LogP contribution in [0.2, 0.25) is 0 Å². The van der Waals surface area contributed by atoms with Gasteiger partial charge in [0.05, 0.1) is 16.8 Å². The SMILES string of the molecule is CC1SCCN(c2c(C#N)cnc3ccccc23)C1C. The van der Waals surface area contributed by atoms with Gasteiger partial charge in [0, 0.05) is 35.2 Å². The van der Waals surface area contributed by atoms with Gasteiger partial charge in [-0.1, -0.05) is 25.1 Å². The molecule has 102 valence electrons. The van der Waals surface area contributed by atoms with Gasteiger partial charge in [-0.05, 0) is 13.0 Å². The number of nitriles is 1. The zero-order valence-electron chi connectivity index (χ0n) is 11.7. The predicted molar refractivity (Wildman–Crippen MR) is 85.2 cm³/mol. The summed E-state index contributed by atoms with van der Waals surface area (Å²) in [6.07, 6.45) is 1.71. The Bertz CT molecular complexity index is 677. The number of aromatic nitrogens is 1. The summed E-state index contributed by atoms with van der Waals surface area (Å²) in [6, 6.07) is 10.8. The molecule has 1 aliphatic heterocycles. The van der Waals surface area contributed by atoms with E-state index in [9.17, 15) is 5.26 Å². The van der Waals surface area contributed by atoms with E-state index in [1.54, 1.807) is 6.20 Å². The first-order chi connectivity index (χ1) is 9.72. The third-order valence-electron chi connectivity index (χ3n) is 4.04. The van der Waals surface area contributed by atoms with Gasteiger partial charge in [0.15, 0.2) is 0 Å². The third-order valence-corrected chi connectivity index (χ3v) is 5.38. The van der Waals surface area contributed by atoms with Crippen LogP contribution in [0.3, 0.4) is 0 Å². The Labute approximate surface area is 123 Å². The summed E-state index contributed by atoms with van der Waals surface area (Å²) in [5.74, 6) is 1.10. The molecule has 1 aromatic heterocycles. The predicted octanol–water partition coefficient (Wildman–Crippen LogP) is 3.44. The Morgan fingerprint density at radius 1 is 1.35 bits per heavy atom. The highest BCUT2D eigenvalue weighted by molar-refractivity contribution is 8.00. The number of anilines is 1. The van der Waals surface area contributed by atoms with Crippen molar-refractivity contribution in [2.24, 2.45) is 0 Å². The second kappa shape index (κ2) is 5.34. The third kappa shape index (κ3) is 2.12. The Kier molecular flexibility index (Phi) is 3.54. The lowest BCUT2D eigenvalue weighted by Crippen LogP contribution is -2.45. The number of hydrogen-bond acceptors (Lipinski definition) is 4. The van der Waals surface area contributed by atoms with Crippen molar-refractivity contribution < 1.29 is 0 Å². The highest BCUT2D eigenvalue weighted by atomic mass is 32.2. The molecule has 2 aromatic rings. The van der Waals surface area contributed by atoms with Crippen LogP contribution in [0, 0.1) is 11.3 Å². The molecule has 0 N–H and O–H groups in total. The number of pyridine rings is 1. The van der Waals surface area contributed by atoms with E-state index in [1.165, 1.54) is 0 Å². The van der Waals surface area contributed by atoms with Crippen molar-refractivity contribution in [3.63, 3.8) is 0 Å². The largest absolute Gasteiger partial charge is 0.365 e. The van der Waals surface area contributed by atoms with Gasteiger partial charge >= 0.3 is 0 Å². The molecule has 0 saturated carbocycles. The number of nitrogens with zero attached hydrogens (tertiary/aromatic N) is 3. The summed E-state index contributed by atoms with van der Waals surface area (Å²) in [5, 5.41) is 11.1. The second-order valence-electron chi connectivity index (χ2n) is 5.16. The maximum absolute atomic E-state index is 9.44. The van der Waals surface area contributed by atoms with Gasteiger partial charge in [-0.2, -0.15) is 17.0 Å². The van der Waals surface area contributed by atoms with Crippen molar-refractivity contribution in [1.29, 1.82) is 5.26 Å². The topological polar surface area (TPSA) is 39.9 Å². The molecule has 0 radical (unpaired) electrons. The lowest BCUT2D eigenvalue weighted by molar-refractivity contribution is 0.628. The normalized spacial score (nSPS) is 22.8. The lowest BCUT2D eigenvalue weighted by Gasteiger charge is -2.40. The molecule has 0 amide bonds. The van der Waals surface area contributed by atoms with Crippen LogP contribution in [-0.4, -0.2) is 28.6 Å². The minimum atomic E-state index is 0.423. The molecular weight excluding hydrogens is 266 g/mol. The van der Waals surface area contributed by atoms with E-state index >= 15 is 0 Å². The highest BCUT2D eigenvalue weighted by Crippen LogP contribution is 2.35. The highest BCUT2D eigenvalue weighted by Gasteiger charge is 2.28. The van der Waals surface area contributed by atoms with Crippen LogP contribution in [0.4, 0.5) is 5.69 Å².